The summed E-state index contributed by atoms with van der Waals surface area (Å²) in [6.07, 6.45) is 4.26. The Balaban J connectivity index is 1.98. The van der Waals surface area contributed by atoms with Crippen LogP contribution in [0.5, 0.6) is 0 Å². The van der Waals surface area contributed by atoms with E-state index in [4.69, 9.17) is 11.5 Å². The fraction of sp³-hybridized carbons (Fsp3) is 0.500. The van der Waals surface area contributed by atoms with E-state index in [9.17, 15) is 4.39 Å². The molecule has 1 aliphatic rings. The zero-order valence-corrected chi connectivity index (χ0v) is 9.97. The molecule has 0 bridgehead atoms. The summed E-state index contributed by atoms with van der Waals surface area (Å²) >= 11 is 1.62. The van der Waals surface area contributed by atoms with Crippen molar-refractivity contribution in [1.29, 1.82) is 0 Å². The van der Waals surface area contributed by atoms with Crippen molar-refractivity contribution in [3.63, 3.8) is 0 Å². The van der Waals surface area contributed by atoms with Crippen LogP contribution in [-0.2, 0) is 0 Å². The molecule has 16 heavy (non-hydrogen) atoms. The first kappa shape index (κ1) is 11.7. The van der Waals surface area contributed by atoms with Crippen LogP contribution in [-0.4, -0.2) is 11.3 Å². The number of nitrogen functional groups attached to an aromatic ring is 1. The Kier molecular flexibility index (Phi) is 3.71. The third-order valence-electron chi connectivity index (χ3n) is 2.97. The predicted octanol–water partition coefficient (Wildman–Crippen LogP) is 2.77. The van der Waals surface area contributed by atoms with Crippen LogP contribution in [0.4, 0.5) is 10.1 Å². The number of anilines is 1. The van der Waals surface area contributed by atoms with E-state index in [1.165, 1.54) is 6.07 Å². The second-order valence-electron chi connectivity index (χ2n) is 4.34. The van der Waals surface area contributed by atoms with Crippen molar-refractivity contribution in [3.05, 3.63) is 24.0 Å². The largest absolute Gasteiger partial charge is 0.399 e. The molecule has 0 aliphatic heterocycles. The van der Waals surface area contributed by atoms with Gasteiger partial charge in [0.25, 0.3) is 0 Å². The van der Waals surface area contributed by atoms with Crippen LogP contribution >= 0.6 is 11.8 Å². The third-order valence-corrected chi connectivity index (χ3v) is 4.36. The Morgan fingerprint density at radius 1 is 1.19 bits per heavy atom. The molecule has 1 saturated carbocycles. The average Bonchev–Trinajstić information content (AvgIpc) is 2.25. The number of rotatable bonds is 2. The molecule has 4 heteroatoms. The Hall–Kier alpha value is -0.740. The lowest BCUT2D eigenvalue weighted by Gasteiger charge is -2.25. The summed E-state index contributed by atoms with van der Waals surface area (Å²) in [5, 5.41) is 0.498. The number of hydrogen-bond acceptors (Lipinski definition) is 3. The van der Waals surface area contributed by atoms with Gasteiger partial charge in [-0.3, -0.25) is 0 Å². The van der Waals surface area contributed by atoms with Crippen LogP contribution < -0.4 is 11.5 Å². The van der Waals surface area contributed by atoms with E-state index in [0.29, 0.717) is 21.9 Å². The normalized spacial score (nSPS) is 25.6. The maximum atomic E-state index is 13.6. The van der Waals surface area contributed by atoms with Crippen molar-refractivity contribution in [2.75, 3.05) is 5.73 Å². The van der Waals surface area contributed by atoms with Crippen LogP contribution in [0, 0.1) is 5.82 Å². The first-order chi connectivity index (χ1) is 7.65. The predicted molar refractivity (Wildman–Crippen MR) is 66.9 cm³/mol. The molecule has 0 heterocycles. The van der Waals surface area contributed by atoms with E-state index < -0.39 is 0 Å². The summed E-state index contributed by atoms with van der Waals surface area (Å²) in [5.74, 6) is -0.208. The molecule has 0 atom stereocenters. The minimum atomic E-state index is -0.208. The van der Waals surface area contributed by atoms with Gasteiger partial charge in [-0.2, -0.15) is 0 Å². The Morgan fingerprint density at radius 3 is 2.50 bits per heavy atom. The highest BCUT2D eigenvalue weighted by molar-refractivity contribution is 8.00. The first-order valence-corrected chi connectivity index (χ1v) is 6.50. The highest BCUT2D eigenvalue weighted by atomic mass is 32.2. The lowest BCUT2D eigenvalue weighted by Crippen LogP contribution is -2.27. The van der Waals surface area contributed by atoms with Crippen molar-refractivity contribution in [2.24, 2.45) is 5.73 Å². The number of halogens is 1. The van der Waals surface area contributed by atoms with E-state index in [2.05, 4.69) is 0 Å². The van der Waals surface area contributed by atoms with Gasteiger partial charge in [-0.25, -0.2) is 4.39 Å². The molecule has 2 rings (SSSR count). The summed E-state index contributed by atoms with van der Waals surface area (Å²) in [5.41, 5.74) is 11.8. The minimum Gasteiger partial charge on any atom is -0.399 e. The van der Waals surface area contributed by atoms with E-state index in [1.807, 2.05) is 0 Å². The Morgan fingerprint density at radius 2 is 1.88 bits per heavy atom. The van der Waals surface area contributed by atoms with Crippen LogP contribution in [0.15, 0.2) is 23.1 Å². The van der Waals surface area contributed by atoms with Crippen molar-refractivity contribution in [3.8, 4) is 0 Å². The highest BCUT2D eigenvalue weighted by Gasteiger charge is 2.20. The molecule has 88 valence electrons. The van der Waals surface area contributed by atoms with E-state index in [-0.39, 0.29) is 5.82 Å². The van der Waals surface area contributed by atoms with Crippen LogP contribution in [0.2, 0.25) is 0 Å². The van der Waals surface area contributed by atoms with Gasteiger partial charge in [0.05, 0.1) is 0 Å². The monoisotopic (exact) mass is 240 g/mol. The van der Waals surface area contributed by atoms with Gasteiger partial charge in [0, 0.05) is 21.9 Å². The Labute approximate surface area is 99.6 Å². The maximum absolute atomic E-state index is 13.6. The van der Waals surface area contributed by atoms with Crippen LogP contribution in [0.1, 0.15) is 25.7 Å². The molecular formula is C12H17FN2S. The molecule has 1 aromatic carbocycles. The van der Waals surface area contributed by atoms with E-state index in [1.54, 1.807) is 23.9 Å². The van der Waals surface area contributed by atoms with Crippen molar-refractivity contribution in [2.45, 2.75) is 41.9 Å². The third kappa shape index (κ3) is 2.89. The molecule has 4 N–H and O–H groups in total. The minimum absolute atomic E-state index is 0.208. The molecule has 1 fully saturated rings. The zero-order chi connectivity index (χ0) is 11.5. The molecule has 1 aromatic rings. The quantitative estimate of drug-likeness (QED) is 0.782. The fourth-order valence-corrected chi connectivity index (χ4v) is 3.18. The SMILES string of the molecule is Nc1ccc(SC2CCC(N)CC2)c(F)c1. The summed E-state index contributed by atoms with van der Waals surface area (Å²) < 4.78 is 13.6. The summed E-state index contributed by atoms with van der Waals surface area (Å²) in [6, 6.07) is 5.24. The lowest BCUT2D eigenvalue weighted by molar-refractivity contribution is 0.450. The first-order valence-electron chi connectivity index (χ1n) is 5.62. The zero-order valence-electron chi connectivity index (χ0n) is 9.16. The molecule has 0 unspecified atom stereocenters. The van der Waals surface area contributed by atoms with Gasteiger partial charge in [-0.15, -0.1) is 11.8 Å². The topological polar surface area (TPSA) is 52.0 Å². The molecule has 0 aromatic heterocycles. The molecule has 2 nitrogen and oxygen atoms in total. The number of thioether (sulfide) groups is 1. The van der Waals surface area contributed by atoms with Crippen LogP contribution in [0.3, 0.4) is 0 Å². The van der Waals surface area contributed by atoms with Crippen molar-refractivity contribution < 1.29 is 4.39 Å². The standard InChI is InChI=1S/C12H17FN2S/c13-11-7-9(15)3-6-12(11)16-10-4-1-8(14)2-5-10/h3,6-8,10H,1-2,4-5,14-15H2. The van der Waals surface area contributed by atoms with Gasteiger partial charge in [-0.1, -0.05) is 0 Å². The Bertz CT molecular complexity index is 362. The molecule has 0 spiro atoms. The average molecular weight is 240 g/mol. The second kappa shape index (κ2) is 5.06. The van der Waals surface area contributed by atoms with Crippen molar-refractivity contribution in [1.82, 2.24) is 0 Å². The van der Waals surface area contributed by atoms with Gasteiger partial charge in [-0.05, 0) is 43.9 Å². The van der Waals surface area contributed by atoms with Gasteiger partial charge in [0.15, 0.2) is 0 Å². The van der Waals surface area contributed by atoms with E-state index in [0.717, 1.165) is 25.7 Å². The highest BCUT2D eigenvalue weighted by Crippen LogP contribution is 2.34. The molecule has 0 radical (unpaired) electrons. The summed E-state index contributed by atoms with van der Waals surface area (Å²) in [6.45, 7) is 0. The van der Waals surface area contributed by atoms with Gasteiger partial charge < -0.3 is 11.5 Å². The summed E-state index contributed by atoms with van der Waals surface area (Å²) in [7, 11) is 0. The van der Waals surface area contributed by atoms with Gasteiger partial charge in [0.2, 0.25) is 0 Å². The number of benzene rings is 1. The van der Waals surface area contributed by atoms with Gasteiger partial charge >= 0.3 is 0 Å². The lowest BCUT2D eigenvalue weighted by atomic mass is 9.96. The number of hydrogen-bond donors (Lipinski definition) is 2. The molecule has 0 saturated heterocycles. The molecule has 1 aliphatic carbocycles. The maximum Gasteiger partial charge on any atom is 0.138 e. The van der Waals surface area contributed by atoms with E-state index >= 15 is 0 Å². The van der Waals surface area contributed by atoms with Crippen LogP contribution in [0.25, 0.3) is 0 Å². The molecule has 0 amide bonds. The summed E-state index contributed by atoms with van der Waals surface area (Å²) in [4.78, 5) is 0.703. The second-order valence-corrected chi connectivity index (χ2v) is 5.69. The smallest absolute Gasteiger partial charge is 0.138 e. The van der Waals surface area contributed by atoms with Gasteiger partial charge in [0.1, 0.15) is 5.82 Å². The fourth-order valence-electron chi connectivity index (χ4n) is 2.00. The molecular weight excluding hydrogens is 223 g/mol. The number of nitrogens with two attached hydrogens (primary N) is 2. The van der Waals surface area contributed by atoms with Crippen molar-refractivity contribution >= 4 is 17.4 Å².